The van der Waals surface area contributed by atoms with Crippen LogP contribution in [-0.2, 0) is 16.8 Å². The Balaban J connectivity index is 1.63. The van der Waals surface area contributed by atoms with E-state index in [2.05, 4.69) is 5.32 Å². The number of nitrogens with one attached hydrogen (secondary N) is 1. The van der Waals surface area contributed by atoms with E-state index in [1.165, 1.54) is 32.3 Å². The second kappa shape index (κ2) is 11.7. The highest BCUT2D eigenvalue weighted by atomic mass is 32.2. The highest BCUT2D eigenvalue weighted by Crippen LogP contribution is 2.26. The average Bonchev–Trinajstić information content (AvgIpc) is 2.86. The number of benzene rings is 3. The van der Waals surface area contributed by atoms with Crippen molar-refractivity contribution in [1.29, 1.82) is 0 Å². The Kier molecular flexibility index (Phi) is 8.67. The van der Waals surface area contributed by atoms with Gasteiger partial charge in [0.25, 0.3) is 5.91 Å². The molecule has 186 valence electrons. The standard InChI is InChI=1S/C25H28FN3O5S/c1-28(2)35(31,32)29(22-9-5-4-8-21(22)26)18-19-12-14-20(15-13-19)25(30)27-16-17-34-24-11-7-6-10-23(24)33-3/h4-15H,16-18H2,1-3H3,(H,27,30). The maximum absolute atomic E-state index is 14.4. The van der Waals surface area contributed by atoms with Crippen molar-refractivity contribution in [3.8, 4) is 11.5 Å². The molecule has 0 aliphatic rings. The lowest BCUT2D eigenvalue weighted by molar-refractivity contribution is 0.0947. The van der Waals surface area contributed by atoms with Gasteiger partial charge in [-0.3, -0.25) is 9.10 Å². The van der Waals surface area contributed by atoms with Crippen LogP contribution in [0, 0.1) is 5.82 Å². The zero-order chi connectivity index (χ0) is 25.4. The summed E-state index contributed by atoms with van der Waals surface area (Å²) in [4.78, 5) is 12.5. The maximum Gasteiger partial charge on any atom is 0.303 e. The van der Waals surface area contributed by atoms with E-state index < -0.39 is 16.0 Å². The summed E-state index contributed by atoms with van der Waals surface area (Å²) >= 11 is 0. The minimum Gasteiger partial charge on any atom is -0.493 e. The van der Waals surface area contributed by atoms with Crippen molar-refractivity contribution in [2.45, 2.75) is 6.54 Å². The van der Waals surface area contributed by atoms with Gasteiger partial charge in [0, 0.05) is 19.7 Å². The molecule has 1 amide bonds. The number of carbonyl (C=O) groups is 1. The van der Waals surface area contributed by atoms with E-state index in [0.717, 1.165) is 8.61 Å². The van der Waals surface area contributed by atoms with Crippen LogP contribution < -0.4 is 19.1 Å². The molecule has 0 heterocycles. The van der Waals surface area contributed by atoms with Crippen LogP contribution in [0.2, 0.25) is 0 Å². The Morgan fingerprint density at radius 3 is 2.20 bits per heavy atom. The molecule has 0 aromatic heterocycles. The molecule has 0 bridgehead atoms. The smallest absolute Gasteiger partial charge is 0.303 e. The minimum absolute atomic E-state index is 0.0573. The van der Waals surface area contributed by atoms with Crippen molar-refractivity contribution in [3.05, 3.63) is 89.7 Å². The van der Waals surface area contributed by atoms with Gasteiger partial charge in [0.05, 0.1) is 25.9 Å². The summed E-state index contributed by atoms with van der Waals surface area (Å²) in [7, 11) is 0.363. The molecule has 10 heteroatoms. The number of rotatable bonds is 11. The molecule has 35 heavy (non-hydrogen) atoms. The number of carbonyl (C=O) groups excluding carboxylic acids is 1. The maximum atomic E-state index is 14.4. The van der Waals surface area contributed by atoms with Crippen molar-refractivity contribution in [2.75, 3.05) is 38.7 Å². The van der Waals surface area contributed by atoms with E-state index in [1.54, 1.807) is 49.6 Å². The fourth-order valence-corrected chi connectivity index (χ4v) is 4.34. The van der Waals surface area contributed by atoms with Crippen LogP contribution in [0.1, 0.15) is 15.9 Å². The first-order valence-corrected chi connectivity index (χ1v) is 12.2. The van der Waals surface area contributed by atoms with E-state index in [0.29, 0.717) is 22.6 Å². The molecule has 0 unspecified atom stereocenters. The van der Waals surface area contributed by atoms with Gasteiger partial charge in [-0.05, 0) is 42.0 Å². The fourth-order valence-electron chi connectivity index (χ4n) is 3.24. The van der Waals surface area contributed by atoms with Crippen molar-refractivity contribution in [1.82, 2.24) is 9.62 Å². The SMILES string of the molecule is COc1ccccc1OCCNC(=O)c1ccc(CN(c2ccccc2F)S(=O)(=O)N(C)C)cc1. The van der Waals surface area contributed by atoms with Gasteiger partial charge in [0.1, 0.15) is 12.4 Å². The number of hydrogen-bond donors (Lipinski definition) is 1. The van der Waals surface area contributed by atoms with E-state index in [4.69, 9.17) is 9.47 Å². The van der Waals surface area contributed by atoms with E-state index in [9.17, 15) is 17.6 Å². The summed E-state index contributed by atoms with van der Waals surface area (Å²) in [5, 5.41) is 2.77. The summed E-state index contributed by atoms with van der Waals surface area (Å²) in [5.74, 6) is 0.243. The molecular weight excluding hydrogens is 473 g/mol. The lowest BCUT2D eigenvalue weighted by Gasteiger charge is -2.27. The van der Waals surface area contributed by atoms with Crippen LogP contribution in [0.4, 0.5) is 10.1 Å². The Hall–Kier alpha value is -3.63. The number of amides is 1. The molecule has 0 saturated heterocycles. The lowest BCUT2D eigenvalue weighted by atomic mass is 10.1. The predicted molar refractivity (Wildman–Crippen MR) is 132 cm³/mol. The first-order valence-electron chi connectivity index (χ1n) is 10.8. The number of anilines is 1. The molecule has 0 aliphatic heterocycles. The molecule has 0 aliphatic carbocycles. The molecular formula is C25H28FN3O5S. The van der Waals surface area contributed by atoms with Crippen LogP contribution in [0.3, 0.4) is 0 Å². The van der Waals surface area contributed by atoms with E-state index >= 15 is 0 Å². The molecule has 0 atom stereocenters. The topological polar surface area (TPSA) is 88.2 Å². The van der Waals surface area contributed by atoms with Gasteiger partial charge in [0.15, 0.2) is 11.5 Å². The predicted octanol–water partition coefficient (Wildman–Crippen LogP) is 3.46. The average molecular weight is 502 g/mol. The third-order valence-electron chi connectivity index (χ3n) is 5.12. The Morgan fingerprint density at radius 2 is 1.57 bits per heavy atom. The van der Waals surface area contributed by atoms with Crippen LogP contribution in [0.25, 0.3) is 0 Å². The zero-order valence-electron chi connectivity index (χ0n) is 19.8. The lowest BCUT2D eigenvalue weighted by Crippen LogP contribution is -2.40. The van der Waals surface area contributed by atoms with Crippen molar-refractivity contribution < 1.29 is 27.1 Å². The zero-order valence-corrected chi connectivity index (χ0v) is 20.6. The highest BCUT2D eigenvalue weighted by molar-refractivity contribution is 7.90. The minimum atomic E-state index is -3.96. The van der Waals surface area contributed by atoms with Crippen molar-refractivity contribution in [2.24, 2.45) is 0 Å². The molecule has 0 saturated carbocycles. The molecule has 0 radical (unpaired) electrons. The molecule has 8 nitrogen and oxygen atoms in total. The number of para-hydroxylation sites is 3. The van der Waals surface area contributed by atoms with Crippen molar-refractivity contribution >= 4 is 21.8 Å². The largest absolute Gasteiger partial charge is 0.493 e. The summed E-state index contributed by atoms with van der Waals surface area (Å²) in [6, 6.07) is 19.4. The van der Waals surface area contributed by atoms with Gasteiger partial charge in [-0.15, -0.1) is 0 Å². The molecule has 3 aromatic carbocycles. The van der Waals surface area contributed by atoms with Gasteiger partial charge in [-0.2, -0.15) is 12.7 Å². The second-order valence-corrected chi connectivity index (χ2v) is 9.77. The summed E-state index contributed by atoms with van der Waals surface area (Å²) < 4.78 is 53.0. The third-order valence-corrected chi connectivity index (χ3v) is 6.92. The quantitative estimate of drug-likeness (QED) is 0.407. The van der Waals surface area contributed by atoms with Gasteiger partial charge in [0.2, 0.25) is 0 Å². The summed E-state index contributed by atoms with van der Waals surface area (Å²) in [6.07, 6.45) is 0. The first kappa shape index (κ1) is 26.0. The number of ether oxygens (including phenoxy) is 2. The van der Waals surface area contributed by atoms with Crippen LogP contribution >= 0.6 is 0 Å². The molecule has 0 fully saturated rings. The van der Waals surface area contributed by atoms with Gasteiger partial charge >= 0.3 is 10.2 Å². The van der Waals surface area contributed by atoms with Gasteiger partial charge < -0.3 is 14.8 Å². The monoisotopic (exact) mass is 501 g/mol. The van der Waals surface area contributed by atoms with Gasteiger partial charge in [-0.1, -0.05) is 36.4 Å². The fraction of sp³-hybridized carbons (Fsp3) is 0.240. The van der Waals surface area contributed by atoms with Crippen LogP contribution in [0.5, 0.6) is 11.5 Å². The van der Waals surface area contributed by atoms with Crippen LogP contribution in [0.15, 0.2) is 72.8 Å². The molecule has 3 aromatic rings. The number of nitrogens with zero attached hydrogens (tertiary/aromatic N) is 2. The third kappa shape index (κ3) is 6.49. The van der Waals surface area contributed by atoms with E-state index in [-0.39, 0.29) is 31.3 Å². The normalized spacial score (nSPS) is 11.2. The Morgan fingerprint density at radius 1 is 0.943 bits per heavy atom. The number of hydrogen-bond acceptors (Lipinski definition) is 5. The molecule has 3 rings (SSSR count). The summed E-state index contributed by atoms with van der Waals surface area (Å²) in [6.45, 7) is 0.432. The summed E-state index contributed by atoms with van der Waals surface area (Å²) in [5.41, 5.74) is 0.937. The van der Waals surface area contributed by atoms with Crippen molar-refractivity contribution in [3.63, 3.8) is 0 Å². The van der Waals surface area contributed by atoms with E-state index in [1.807, 2.05) is 12.1 Å². The highest BCUT2D eigenvalue weighted by Gasteiger charge is 2.27. The molecule has 1 N–H and O–H groups in total. The van der Waals surface area contributed by atoms with Crippen LogP contribution in [-0.4, -0.2) is 53.0 Å². The Labute approximate surface area is 205 Å². The van der Waals surface area contributed by atoms with Gasteiger partial charge in [-0.25, -0.2) is 4.39 Å². The number of methoxy groups -OCH3 is 1. The Bertz CT molecular complexity index is 1250. The molecule has 0 spiro atoms. The number of halogens is 1. The first-order chi connectivity index (χ1) is 16.7. The second-order valence-electron chi connectivity index (χ2n) is 7.70.